The van der Waals surface area contributed by atoms with Gasteiger partial charge in [-0.05, 0) is 0 Å². The van der Waals surface area contributed by atoms with Gasteiger partial charge in [-0.1, -0.05) is 24.3 Å². The van der Waals surface area contributed by atoms with Crippen LogP contribution >= 0.6 is 11.3 Å². The molecule has 4 nitrogen and oxygen atoms in total. The average Bonchev–Trinajstić information content (AvgIpc) is 2.83. The molecule has 0 unspecified atom stereocenters. The van der Waals surface area contributed by atoms with Crippen molar-refractivity contribution in [1.29, 1.82) is 10.5 Å². The average molecular weight is 266 g/mol. The van der Waals surface area contributed by atoms with E-state index in [1.807, 2.05) is 12.1 Å². The number of phenols is 2. The molecule has 0 fully saturated rings. The molecule has 0 aliphatic rings. The van der Waals surface area contributed by atoms with E-state index in [0.29, 0.717) is 15.5 Å². The maximum Gasteiger partial charge on any atom is 0.141 e. The monoisotopic (exact) mass is 266 g/mol. The molecule has 0 spiro atoms. The number of benzene rings is 2. The van der Waals surface area contributed by atoms with Gasteiger partial charge in [0.1, 0.15) is 28.5 Å². The van der Waals surface area contributed by atoms with Crippen molar-refractivity contribution in [2.24, 2.45) is 0 Å². The minimum absolute atomic E-state index is 0.00796. The lowest BCUT2D eigenvalue weighted by Crippen LogP contribution is -1.80. The number of rotatable bonds is 0. The van der Waals surface area contributed by atoms with Crippen molar-refractivity contribution in [3.63, 3.8) is 0 Å². The zero-order valence-corrected chi connectivity index (χ0v) is 10.3. The standard InChI is InChI=1S/C14H6N2O2S/c15-5-9-10(6-16)19-14-11(9)12(17)7-3-1-2-4-8(7)13(14)18/h1-4,17-18H. The number of fused-ring (bicyclic) bond motifs is 2. The minimum atomic E-state index is -0.0716. The lowest BCUT2D eigenvalue weighted by molar-refractivity contribution is 0.479. The molecule has 2 N–H and O–H groups in total. The first-order valence-corrected chi connectivity index (χ1v) is 6.20. The van der Waals surface area contributed by atoms with Crippen LogP contribution in [0.3, 0.4) is 0 Å². The molecular weight excluding hydrogens is 260 g/mol. The smallest absolute Gasteiger partial charge is 0.141 e. The van der Waals surface area contributed by atoms with Gasteiger partial charge >= 0.3 is 0 Å². The number of thiophene rings is 1. The summed E-state index contributed by atoms with van der Waals surface area (Å²) in [4.78, 5) is 0.193. The van der Waals surface area contributed by atoms with E-state index >= 15 is 0 Å². The minimum Gasteiger partial charge on any atom is -0.507 e. The van der Waals surface area contributed by atoms with Gasteiger partial charge in [-0.3, -0.25) is 0 Å². The van der Waals surface area contributed by atoms with E-state index in [2.05, 4.69) is 0 Å². The second kappa shape index (κ2) is 3.88. The van der Waals surface area contributed by atoms with E-state index in [9.17, 15) is 10.2 Å². The van der Waals surface area contributed by atoms with Crippen molar-refractivity contribution < 1.29 is 10.2 Å². The van der Waals surface area contributed by atoms with E-state index in [4.69, 9.17) is 10.5 Å². The molecule has 3 aromatic rings. The Balaban J connectivity index is 2.68. The largest absolute Gasteiger partial charge is 0.507 e. The van der Waals surface area contributed by atoms with E-state index in [0.717, 1.165) is 11.3 Å². The fourth-order valence-corrected chi connectivity index (χ4v) is 3.17. The highest BCUT2D eigenvalue weighted by atomic mass is 32.1. The van der Waals surface area contributed by atoms with Crippen LogP contribution in [-0.2, 0) is 0 Å². The highest BCUT2D eigenvalue weighted by Crippen LogP contribution is 2.47. The topological polar surface area (TPSA) is 88.0 Å². The summed E-state index contributed by atoms with van der Waals surface area (Å²) in [5.41, 5.74) is 0.112. The maximum atomic E-state index is 10.3. The molecule has 1 heterocycles. The molecule has 2 aromatic carbocycles. The number of hydrogen-bond acceptors (Lipinski definition) is 5. The van der Waals surface area contributed by atoms with Crippen LogP contribution in [0.2, 0.25) is 0 Å². The Morgan fingerprint density at radius 1 is 0.947 bits per heavy atom. The Bertz CT molecular complexity index is 913. The number of nitrogens with zero attached hydrogens (tertiary/aromatic N) is 2. The maximum absolute atomic E-state index is 10.3. The van der Waals surface area contributed by atoms with Gasteiger partial charge in [-0.25, -0.2) is 0 Å². The Hall–Kier alpha value is -2.76. The summed E-state index contributed by atoms with van der Waals surface area (Å²) < 4.78 is 0.365. The summed E-state index contributed by atoms with van der Waals surface area (Å²) in [6, 6.07) is 10.7. The van der Waals surface area contributed by atoms with Crippen molar-refractivity contribution in [2.45, 2.75) is 0 Å². The Kier molecular flexibility index (Phi) is 2.31. The molecule has 0 aliphatic heterocycles. The molecule has 5 heteroatoms. The van der Waals surface area contributed by atoms with Gasteiger partial charge in [0.05, 0.1) is 15.6 Å². The molecule has 0 radical (unpaired) electrons. The molecule has 0 saturated heterocycles. The second-order valence-corrected chi connectivity index (χ2v) is 5.00. The van der Waals surface area contributed by atoms with Crippen LogP contribution in [0.1, 0.15) is 10.4 Å². The molecule has 90 valence electrons. The predicted octanol–water partition coefficient (Wildman–Crippen LogP) is 3.21. The first-order valence-electron chi connectivity index (χ1n) is 5.38. The zero-order valence-electron chi connectivity index (χ0n) is 9.51. The highest BCUT2D eigenvalue weighted by Gasteiger charge is 2.21. The second-order valence-electron chi connectivity index (χ2n) is 3.98. The molecule has 0 bridgehead atoms. The summed E-state index contributed by atoms with van der Waals surface area (Å²) in [5, 5.41) is 39.9. The zero-order chi connectivity index (χ0) is 13.6. The molecule has 0 atom stereocenters. The molecule has 19 heavy (non-hydrogen) atoms. The highest BCUT2D eigenvalue weighted by molar-refractivity contribution is 7.20. The Morgan fingerprint density at radius 3 is 2.16 bits per heavy atom. The fourth-order valence-electron chi connectivity index (χ4n) is 2.16. The van der Waals surface area contributed by atoms with Gasteiger partial charge < -0.3 is 10.2 Å². The molecule has 0 aliphatic carbocycles. The third-order valence-electron chi connectivity index (χ3n) is 3.01. The van der Waals surface area contributed by atoms with Gasteiger partial charge in [0.25, 0.3) is 0 Å². The molecular formula is C14H6N2O2S. The third kappa shape index (κ3) is 1.36. The summed E-state index contributed by atoms with van der Waals surface area (Å²) in [7, 11) is 0. The van der Waals surface area contributed by atoms with Gasteiger partial charge in [-0.2, -0.15) is 10.5 Å². The van der Waals surface area contributed by atoms with Crippen molar-refractivity contribution in [3.8, 4) is 23.6 Å². The Labute approximate surface area is 112 Å². The molecule has 3 rings (SSSR count). The summed E-state index contributed by atoms with van der Waals surface area (Å²) in [5.74, 6) is -0.0795. The third-order valence-corrected chi connectivity index (χ3v) is 4.11. The van der Waals surface area contributed by atoms with E-state index in [-0.39, 0.29) is 27.3 Å². The van der Waals surface area contributed by atoms with Crippen LogP contribution in [0.5, 0.6) is 11.5 Å². The number of nitriles is 2. The van der Waals surface area contributed by atoms with E-state index in [1.54, 1.807) is 24.3 Å². The molecule has 0 amide bonds. The van der Waals surface area contributed by atoms with Crippen LogP contribution in [0, 0.1) is 22.7 Å². The van der Waals surface area contributed by atoms with Gasteiger partial charge in [0, 0.05) is 10.8 Å². The van der Waals surface area contributed by atoms with Gasteiger partial charge in [0.2, 0.25) is 0 Å². The molecule has 1 aromatic heterocycles. The van der Waals surface area contributed by atoms with Crippen molar-refractivity contribution in [3.05, 3.63) is 34.7 Å². The predicted molar refractivity (Wildman–Crippen MR) is 72.1 cm³/mol. The van der Waals surface area contributed by atoms with Crippen LogP contribution in [-0.4, -0.2) is 10.2 Å². The SMILES string of the molecule is N#Cc1sc2c(O)c3ccccc3c(O)c2c1C#N. The number of phenolic OH excluding ortho intramolecular Hbond substituents is 2. The fraction of sp³-hybridized carbons (Fsp3) is 0. The lowest BCUT2D eigenvalue weighted by Gasteiger charge is -2.05. The first-order chi connectivity index (χ1) is 9.19. The number of aromatic hydroxyl groups is 2. The van der Waals surface area contributed by atoms with Crippen LogP contribution in [0.25, 0.3) is 20.9 Å². The van der Waals surface area contributed by atoms with E-state index in [1.165, 1.54) is 0 Å². The summed E-state index contributed by atoms with van der Waals surface area (Å²) >= 11 is 1.01. The van der Waals surface area contributed by atoms with Gasteiger partial charge in [-0.15, -0.1) is 11.3 Å². The first kappa shape index (κ1) is 11.3. The van der Waals surface area contributed by atoms with Crippen molar-refractivity contribution in [2.75, 3.05) is 0 Å². The van der Waals surface area contributed by atoms with Crippen LogP contribution < -0.4 is 0 Å². The summed E-state index contributed by atoms with van der Waals surface area (Å²) in [6.07, 6.45) is 0. The normalized spacial score (nSPS) is 10.4. The number of hydrogen-bond donors (Lipinski definition) is 2. The van der Waals surface area contributed by atoms with Crippen molar-refractivity contribution >= 4 is 32.2 Å². The quantitative estimate of drug-likeness (QED) is 0.611. The Morgan fingerprint density at radius 2 is 1.58 bits per heavy atom. The lowest BCUT2D eigenvalue weighted by atomic mass is 10.0. The van der Waals surface area contributed by atoms with E-state index < -0.39 is 0 Å². The van der Waals surface area contributed by atoms with Crippen LogP contribution in [0.4, 0.5) is 0 Å². The molecule has 0 saturated carbocycles. The van der Waals surface area contributed by atoms with Crippen LogP contribution in [0.15, 0.2) is 24.3 Å². The van der Waals surface area contributed by atoms with Gasteiger partial charge in [0.15, 0.2) is 0 Å². The van der Waals surface area contributed by atoms with Crippen molar-refractivity contribution in [1.82, 2.24) is 0 Å². The summed E-state index contributed by atoms with van der Waals surface area (Å²) in [6.45, 7) is 0.